The summed E-state index contributed by atoms with van der Waals surface area (Å²) in [5.41, 5.74) is 5.07. The Morgan fingerprint density at radius 3 is 2.64 bits per heavy atom. The second-order valence-corrected chi connectivity index (χ2v) is 7.89. The molecule has 0 fully saturated rings. The summed E-state index contributed by atoms with van der Waals surface area (Å²) < 4.78 is 6.05. The Kier molecular flexibility index (Phi) is 5.93. The molecule has 3 heteroatoms. The van der Waals surface area contributed by atoms with Gasteiger partial charge in [0.15, 0.2) is 0 Å². The van der Waals surface area contributed by atoms with E-state index < -0.39 is 0 Å². The zero-order chi connectivity index (χ0) is 19.2. The van der Waals surface area contributed by atoms with Crippen LogP contribution in [-0.4, -0.2) is 5.90 Å². The zero-order valence-corrected chi connectivity index (χ0v) is 16.8. The summed E-state index contributed by atoms with van der Waals surface area (Å²) in [4.78, 5) is 5.98. The number of hydrogen-bond donors (Lipinski definition) is 0. The number of para-hydroxylation sites is 1. The molecule has 0 aliphatic heterocycles. The van der Waals surface area contributed by atoms with Gasteiger partial charge in [0, 0.05) is 11.0 Å². The van der Waals surface area contributed by atoms with Gasteiger partial charge in [-0.05, 0) is 79.1 Å². The molecule has 0 unspecified atom stereocenters. The van der Waals surface area contributed by atoms with Crippen LogP contribution in [0.4, 0.5) is 5.69 Å². The first kappa shape index (κ1) is 18.6. The lowest BCUT2D eigenvalue weighted by Crippen LogP contribution is -2.04. The first-order valence-corrected chi connectivity index (χ1v) is 10.5. The van der Waals surface area contributed by atoms with Crippen LogP contribution in [0.1, 0.15) is 23.1 Å². The molecule has 0 heterocycles. The Hall–Kier alpha value is -2.78. The summed E-state index contributed by atoms with van der Waals surface area (Å²) in [7, 11) is 0. The first-order valence-electron chi connectivity index (χ1n) is 9.59. The van der Waals surface area contributed by atoms with Crippen LogP contribution < -0.4 is 4.74 Å². The standard InChI is InChI=1S/C25H23NOS/c1-19-7-5-12-24(17-19)28-16-15-25(27-23-10-3-2-4-11-23)26-22-14-13-20-8-6-9-21(20)18-22/h2-5,7,10-18H,6,8-9H2,1H3/b16-15+,26-25-. The second-order valence-electron chi connectivity index (χ2n) is 6.91. The van der Waals surface area contributed by atoms with Gasteiger partial charge in [-0.25, -0.2) is 4.99 Å². The van der Waals surface area contributed by atoms with E-state index in [1.54, 1.807) is 11.8 Å². The minimum atomic E-state index is 0.587. The van der Waals surface area contributed by atoms with Crippen molar-refractivity contribution in [3.05, 3.63) is 101 Å². The fourth-order valence-electron chi connectivity index (χ4n) is 3.32. The fraction of sp³-hybridized carbons (Fsp3) is 0.160. The van der Waals surface area contributed by atoms with Crippen molar-refractivity contribution in [2.75, 3.05) is 0 Å². The van der Waals surface area contributed by atoms with E-state index in [9.17, 15) is 0 Å². The maximum atomic E-state index is 6.05. The maximum Gasteiger partial charge on any atom is 0.220 e. The predicted octanol–water partition coefficient (Wildman–Crippen LogP) is 6.90. The van der Waals surface area contributed by atoms with Gasteiger partial charge in [-0.1, -0.05) is 53.7 Å². The molecule has 0 radical (unpaired) electrons. The minimum Gasteiger partial charge on any atom is -0.439 e. The number of aliphatic imine (C=N–C) groups is 1. The van der Waals surface area contributed by atoms with Crippen molar-refractivity contribution in [2.24, 2.45) is 4.99 Å². The normalized spacial score (nSPS) is 13.7. The van der Waals surface area contributed by atoms with E-state index in [0.29, 0.717) is 5.90 Å². The van der Waals surface area contributed by atoms with Crippen LogP contribution >= 0.6 is 11.8 Å². The van der Waals surface area contributed by atoms with Crippen molar-refractivity contribution in [1.82, 2.24) is 0 Å². The van der Waals surface area contributed by atoms with Crippen LogP contribution in [0.15, 0.2) is 94.2 Å². The van der Waals surface area contributed by atoms with E-state index in [1.165, 1.54) is 34.4 Å². The lowest BCUT2D eigenvalue weighted by atomic mass is 10.1. The number of ether oxygens (including phenoxy) is 1. The number of fused-ring (bicyclic) bond motifs is 1. The molecule has 3 aromatic rings. The average molecular weight is 386 g/mol. The van der Waals surface area contributed by atoms with Crippen LogP contribution in [0.5, 0.6) is 5.75 Å². The monoisotopic (exact) mass is 385 g/mol. The van der Waals surface area contributed by atoms with Gasteiger partial charge < -0.3 is 4.74 Å². The second kappa shape index (κ2) is 8.94. The molecule has 4 rings (SSSR count). The summed E-state index contributed by atoms with van der Waals surface area (Å²) in [6.45, 7) is 2.10. The maximum absolute atomic E-state index is 6.05. The summed E-state index contributed by atoms with van der Waals surface area (Å²) in [5.74, 6) is 1.37. The van der Waals surface area contributed by atoms with E-state index in [-0.39, 0.29) is 0 Å². The van der Waals surface area contributed by atoms with E-state index >= 15 is 0 Å². The number of hydrogen-bond acceptors (Lipinski definition) is 3. The van der Waals surface area contributed by atoms with E-state index in [2.05, 4.69) is 49.4 Å². The quantitative estimate of drug-likeness (QED) is 0.271. The molecular weight excluding hydrogens is 362 g/mol. The van der Waals surface area contributed by atoms with Crippen LogP contribution in [0.25, 0.3) is 0 Å². The van der Waals surface area contributed by atoms with Gasteiger partial charge >= 0.3 is 0 Å². The molecule has 140 valence electrons. The number of benzene rings is 3. The molecule has 1 aliphatic rings. The van der Waals surface area contributed by atoms with Gasteiger partial charge in [-0.3, -0.25) is 0 Å². The summed E-state index contributed by atoms with van der Waals surface area (Å²) in [6.07, 6.45) is 5.50. The fourth-order valence-corrected chi connectivity index (χ4v) is 4.07. The van der Waals surface area contributed by atoms with Crippen molar-refractivity contribution in [3.8, 4) is 5.75 Å². The molecule has 0 spiro atoms. The topological polar surface area (TPSA) is 21.6 Å². The number of rotatable bonds is 5. The summed E-state index contributed by atoms with van der Waals surface area (Å²) >= 11 is 1.66. The zero-order valence-electron chi connectivity index (χ0n) is 16.0. The van der Waals surface area contributed by atoms with Crippen LogP contribution in [0.2, 0.25) is 0 Å². The Morgan fingerprint density at radius 2 is 1.79 bits per heavy atom. The van der Waals surface area contributed by atoms with E-state index in [1.807, 2.05) is 41.8 Å². The Bertz CT molecular complexity index is 1010. The van der Waals surface area contributed by atoms with Crippen LogP contribution in [-0.2, 0) is 12.8 Å². The van der Waals surface area contributed by atoms with E-state index in [0.717, 1.165) is 17.9 Å². The van der Waals surface area contributed by atoms with Gasteiger partial charge in [0.1, 0.15) is 5.75 Å². The predicted molar refractivity (Wildman–Crippen MR) is 119 cm³/mol. The third kappa shape index (κ3) is 4.93. The van der Waals surface area contributed by atoms with E-state index in [4.69, 9.17) is 9.73 Å². The smallest absolute Gasteiger partial charge is 0.220 e. The third-order valence-electron chi connectivity index (χ3n) is 4.69. The molecule has 0 saturated carbocycles. The number of aryl methyl sites for hydroxylation is 3. The van der Waals surface area contributed by atoms with Crippen LogP contribution in [0, 0.1) is 6.92 Å². The lowest BCUT2D eigenvalue weighted by Gasteiger charge is -2.07. The minimum absolute atomic E-state index is 0.587. The summed E-state index contributed by atoms with van der Waals surface area (Å²) in [6, 6.07) is 24.7. The molecule has 0 N–H and O–H groups in total. The Balaban J connectivity index is 1.57. The van der Waals surface area contributed by atoms with Crippen molar-refractivity contribution >= 4 is 23.3 Å². The number of nitrogens with zero attached hydrogens (tertiary/aromatic N) is 1. The molecular formula is C25H23NOS. The van der Waals surface area contributed by atoms with Gasteiger partial charge in [-0.15, -0.1) is 0 Å². The SMILES string of the molecule is Cc1cccc(S/C=C/C(=N/c2ccc3c(c2)CCC3)Oc2ccccc2)c1. The van der Waals surface area contributed by atoms with Crippen molar-refractivity contribution in [1.29, 1.82) is 0 Å². The molecule has 0 amide bonds. The molecule has 2 nitrogen and oxygen atoms in total. The first-order chi connectivity index (χ1) is 13.8. The highest BCUT2D eigenvalue weighted by Crippen LogP contribution is 2.27. The van der Waals surface area contributed by atoms with Gasteiger partial charge in [0.05, 0.1) is 5.69 Å². The average Bonchev–Trinajstić information content (AvgIpc) is 3.17. The van der Waals surface area contributed by atoms with Crippen molar-refractivity contribution in [2.45, 2.75) is 31.1 Å². The van der Waals surface area contributed by atoms with Crippen molar-refractivity contribution in [3.63, 3.8) is 0 Å². The third-order valence-corrected chi connectivity index (χ3v) is 5.49. The van der Waals surface area contributed by atoms with Gasteiger partial charge in [-0.2, -0.15) is 0 Å². The number of thioether (sulfide) groups is 1. The Labute approximate surface area is 171 Å². The lowest BCUT2D eigenvalue weighted by molar-refractivity contribution is 0.556. The molecule has 0 saturated heterocycles. The van der Waals surface area contributed by atoms with Gasteiger partial charge in [0.2, 0.25) is 5.90 Å². The summed E-state index contributed by atoms with van der Waals surface area (Å²) in [5, 5.41) is 2.03. The Morgan fingerprint density at radius 1 is 0.929 bits per heavy atom. The van der Waals surface area contributed by atoms with Crippen molar-refractivity contribution < 1.29 is 4.74 Å². The molecule has 0 aromatic heterocycles. The highest BCUT2D eigenvalue weighted by atomic mass is 32.2. The molecule has 0 bridgehead atoms. The molecule has 28 heavy (non-hydrogen) atoms. The molecule has 1 aliphatic carbocycles. The highest BCUT2D eigenvalue weighted by molar-refractivity contribution is 8.02. The largest absolute Gasteiger partial charge is 0.439 e. The molecule has 0 atom stereocenters. The highest BCUT2D eigenvalue weighted by Gasteiger charge is 2.11. The van der Waals surface area contributed by atoms with Crippen LogP contribution in [0.3, 0.4) is 0 Å². The molecule has 3 aromatic carbocycles. The van der Waals surface area contributed by atoms with Gasteiger partial charge in [0.25, 0.3) is 0 Å².